The molecule has 0 aliphatic heterocycles. The van der Waals surface area contributed by atoms with Gasteiger partial charge in [0.2, 0.25) is 5.91 Å². The molecular formula is C16H15N3O3. The third-order valence-corrected chi connectivity index (χ3v) is 2.86. The van der Waals surface area contributed by atoms with Gasteiger partial charge in [0.1, 0.15) is 0 Å². The Kier molecular flexibility index (Phi) is 4.98. The van der Waals surface area contributed by atoms with E-state index >= 15 is 0 Å². The average molecular weight is 297 g/mol. The highest BCUT2D eigenvalue weighted by atomic mass is 16.2. The van der Waals surface area contributed by atoms with Gasteiger partial charge in [-0.05, 0) is 23.8 Å². The minimum atomic E-state index is -0.735. The Balaban J connectivity index is 2.07. The lowest BCUT2D eigenvalue weighted by atomic mass is 10.1. The molecule has 0 fully saturated rings. The summed E-state index contributed by atoms with van der Waals surface area (Å²) in [6.45, 7) is 1.55. The SMILES string of the molecule is CC(=O)Nc1ccccc1C(=O)C(=O)NCc1cccnc1. The molecule has 2 N–H and O–H groups in total. The second-order valence-corrected chi connectivity index (χ2v) is 4.60. The maximum absolute atomic E-state index is 12.2. The van der Waals surface area contributed by atoms with E-state index in [9.17, 15) is 14.4 Å². The molecule has 2 amide bonds. The van der Waals surface area contributed by atoms with Gasteiger partial charge in [0.05, 0.1) is 11.3 Å². The van der Waals surface area contributed by atoms with E-state index in [0.717, 1.165) is 5.56 Å². The number of hydrogen-bond acceptors (Lipinski definition) is 4. The Morgan fingerprint density at radius 2 is 1.86 bits per heavy atom. The van der Waals surface area contributed by atoms with Crippen LogP contribution in [0.2, 0.25) is 0 Å². The van der Waals surface area contributed by atoms with Gasteiger partial charge in [0.15, 0.2) is 0 Å². The largest absolute Gasteiger partial charge is 0.345 e. The van der Waals surface area contributed by atoms with E-state index in [1.807, 2.05) is 0 Å². The van der Waals surface area contributed by atoms with Gasteiger partial charge in [0, 0.05) is 25.9 Å². The molecule has 0 atom stereocenters. The molecule has 0 unspecified atom stereocenters. The lowest BCUT2D eigenvalue weighted by molar-refractivity contribution is -0.117. The van der Waals surface area contributed by atoms with Crippen LogP contribution in [-0.4, -0.2) is 22.6 Å². The van der Waals surface area contributed by atoms with Crippen molar-refractivity contribution in [3.8, 4) is 0 Å². The molecule has 6 heteroatoms. The number of anilines is 1. The molecule has 1 heterocycles. The summed E-state index contributed by atoms with van der Waals surface area (Å²) in [6, 6.07) is 9.92. The molecule has 0 spiro atoms. The average Bonchev–Trinajstić information content (AvgIpc) is 2.53. The van der Waals surface area contributed by atoms with Crippen LogP contribution in [0, 0.1) is 0 Å². The standard InChI is InChI=1S/C16H15N3O3/c1-11(20)19-14-7-3-2-6-13(14)15(21)16(22)18-10-12-5-4-8-17-9-12/h2-9H,10H2,1H3,(H,18,22)(H,19,20). The van der Waals surface area contributed by atoms with Crippen LogP contribution in [-0.2, 0) is 16.1 Å². The zero-order valence-corrected chi connectivity index (χ0v) is 12.0. The van der Waals surface area contributed by atoms with Crippen LogP contribution in [0.3, 0.4) is 0 Å². The number of benzene rings is 1. The fraction of sp³-hybridized carbons (Fsp3) is 0.125. The van der Waals surface area contributed by atoms with Gasteiger partial charge in [-0.3, -0.25) is 19.4 Å². The highest BCUT2D eigenvalue weighted by molar-refractivity contribution is 6.44. The molecule has 0 bridgehead atoms. The lowest BCUT2D eigenvalue weighted by Gasteiger charge is -2.09. The summed E-state index contributed by atoms with van der Waals surface area (Å²) in [5.41, 5.74) is 1.26. The Morgan fingerprint density at radius 3 is 2.55 bits per heavy atom. The molecule has 0 saturated heterocycles. The zero-order chi connectivity index (χ0) is 15.9. The van der Waals surface area contributed by atoms with E-state index in [-0.39, 0.29) is 18.0 Å². The van der Waals surface area contributed by atoms with Crippen LogP contribution in [0.1, 0.15) is 22.8 Å². The van der Waals surface area contributed by atoms with Crippen molar-refractivity contribution >= 4 is 23.3 Å². The highest BCUT2D eigenvalue weighted by Gasteiger charge is 2.19. The number of rotatable bonds is 5. The van der Waals surface area contributed by atoms with Gasteiger partial charge in [-0.2, -0.15) is 0 Å². The number of hydrogen-bond donors (Lipinski definition) is 2. The number of carbonyl (C=O) groups is 3. The Bertz CT molecular complexity index is 699. The number of amides is 2. The molecule has 2 aromatic rings. The second kappa shape index (κ2) is 7.12. The summed E-state index contributed by atoms with van der Waals surface area (Å²) in [4.78, 5) is 39.2. The number of pyridine rings is 1. The third-order valence-electron chi connectivity index (χ3n) is 2.86. The van der Waals surface area contributed by atoms with Crippen molar-refractivity contribution in [1.82, 2.24) is 10.3 Å². The van der Waals surface area contributed by atoms with Crippen molar-refractivity contribution in [2.75, 3.05) is 5.32 Å². The maximum Gasteiger partial charge on any atom is 0.292 e. The monoisotopic (exact) mass is 297 g/mol. The molecule has 0 aliphatic carbocycles. The molecule has 22 heavy (non-hydrogen) atoms. The first kappa shape index (κ1) is 15.4. The molecule has 1 aromatic heterocycles. The summed E-state index contributed by atoms with van der Waals surface area (Å²) in [5, 5.41) is 5.07. The molecule has 0 aliphatic rings. The Morgan fingerprint density at radius 1 is 1.09 bits per heavy atom. The van der Waals surface area contributed by atoms with Crippen molar-refractivity contribution in [2.45, 2.75) is 13.5 Å². The fourth-order valence-electron chi connectivity index (χ4n) is 1.87. The Hall–Kier alpha value is -3.02. The highest BCUT2D eigenvalue weighted by Crippen LogP contribution is 2.15. The number of aromatic nitrogens is 1. The van der Waals surface area contributed by atoms with Crippen molar-refractivity contribution in [3.63, 3.8) is 0 Å². The van der Waals surface area contributed by atoms with Crippen molar-refractivity contribution in [1.29, 1.82) is 0 Å². The minimum absolute atomic E-state index is 0.154. The van der Waals surface area contributed by atoms with E-state index in [2.05, 4.69) is 15.6 Å². The predicted octanol–water partition coefficient (Wildman–Crippen LogP) is 1.54. The van der Waals surface area contributed by atoms with Crippen LogP contribution < -0.4 is 10.6 Å². The summed E-state index contributed by atoms with van der Waals surface area (Å²) in [6.07, 6.45) is 3.23. The Labute approximate surface area is 127 Å². The molecule has 0 saturated carbocycles. The molecule has 0 radical (unpaired) electrons. The first-order chi connectivity index (χ1) is 10.6. The number of carbonyl (C=O) groups excluding carboxylic acids is 3. The summed E-state index contributed by atoms with van der Waals surface area (Å²) in [7, 11) is 0. The summed E-state index contributed by atoms with van der Waals surface area (Å²) >= 11 is 0. The first-order valence-corrected chi connectivity index (χ1v) is 6.66. The van der Waals surface area contributed by atoms with Crippen LogP contribution in [0.4, 0.5) is 5.69 Å². The number of para-hydroxylation sites is 1. The normalized spacial score (nSPS) is 9.86. The van der Waals surface area contributed by atoms with Crippen LogP contribution in [0.5, 0.6) is 0 Å². The molecule has 2 rings (SSSR count). The minimum Gasteiger partial charge on any atom is -0.345 e. The molecule has 1 aromatic carbocycles. The predicted molar refractivity (Wildman–Crippen MR) is 81.2 cm³/mol. The number of Topliss-reactive ketones (excluding diaryl/α,β-unsaturated/α-hetero) is 1. The van der Waals surface area contributed by atoms with Crippen LogP contribution in [0.25, 0.3) is 0 Å². The lowest BCUT2D eigenvalue weighted by Crippen LogP contribution is -2.31. The van der Waals surface area contributed by atoms with Gasteiger partial charge in [0.25, 0.3) is 11.7 Å². The maximum atomic E-state index is 12.2. The number of nitrogens with one attached hydrogen (secondary N) is 2. The quantitative estimate of drug-likeness (QED) is 0.647. The van der Waals surface area contributed by atoms with Gasteiger partial charge in [-0.25, -0.2) is 0 Å². The molecule has 6 nitrogen and oxygen atoms in total. The van der Waals surface area contributed by atoms with Crippen LogP contribution in [0.15, 0.2) is 48.8 Å². The van der Waals surface area contributed by atoms with Gasteiger partial charge < -0.3 is 10.6 Å². The van der Waals surface area contributed by atoms with Gasteiger partial charge >= 0.3 is 0 Å². The second-order valence-electron chi connectivity index (χ2n) is 4.60. The summed E-state index contributed by atoms with van der Waals surface area (Å²) < 4.78 is 0. The van der Waals surface area contributed by atoms with E-state index in [4.69, 9.17) is 0 Å². The fourth-order valence-corrected chi connectivity index (χ4v) is 1.87. The number of nitrogens with zero attached hydrogens (tertiary/aromatic N) is 1. The number of ketones is 1. The van der Waals surface area contributed by atoms with Gasteiger partial charge in [-0.15, -0.1) is 0 Å². The zero-order valence-electron chi connectivity index (χ0n) is 12.0. The van der Waals surface area contributed by atoms with Gasteiger partial charge in [-0.1, -0.05) is 18.2 Å². The summed E-state index contributed by atoms with van der Waals surface area (Å²) in [5.74, 6) is -1.74. The molecular weight excluding hydrogens is 282 g/mol. The van der Waals surface area contributed by atoms with Crippen LogP contribution >= 0.6 is 0 Å². The van der Waals surface area contributed by atoms with Crippen molar-refractivity contribution in [3.05, 3.63) is 59.9 Å². The smallest absolute Gasteiger partial charge is 0.292 e. The third kappa shape index (κ3) is 3.99. The van der Waals surface area contributed by atoms with E-state index < -0.39 is 11.7 Å². The van der Waals surface area contributed by atoms with E-state index in [1.54, 1.807) is 42.7 Å². The van der Waals surface area contributed by atoms with Crippen molar-refractivity contribution < 1.29 is 14.4 Å². The van der Waals surface area contributed by atoms with E-state index in [1.165, 1.54) is 13.0 Å². The topological polar surface area (TPSA) is 88.2 Å². The molecule has 112 valence electrons. The van der Waals surface area contributed by atoms with E-state index in [0.29, 0.717) is 5.69 Å². The first-order valence-electron chi connectivity index (χ1n) is 6.66. The van der Waals surface area contributed by atoms with Crippen molar-refractivity contribution in [2.24, 2.45) is 0 Å².